The molecule has 0 spiro atoms. The molecule has 0 bridgehead atoms. The minimum atomic E-state index is -1.57. The van der Waals surface area contributed by atoms with Crippen LogP contribution in [0.3, 0.4) is 0 Å². The summed E-state index contributed by atoms with van der Waals surface area (Å²) in [4.78, 5) is 16.3. The molecular weight excluding hydrogens is 576 g/mol. The predicted octanol–water partition coefficient (Wildman–Crippen LogP) is 2.99. The lowest BCUT2D eigenvalue weighted by Crippen LogP contribution is -2.54. The number of carbonyl (C=O) groups is 1. The van der Waals surface area contributed by atoms with Crippen molar-refractivity contribution < 1.29 is 33.3 Å². The number of aromatic nitrogens is 2. The Morgan fingerprint density at radius 2 is 1.86 bits per heavy atom. The zero-order valence-electron chi connectivity index (χ0n) is 20.1. The van der Waals surface area contributed by atoms with Crippen molar-refractivity contribution in [3.05, 3.63) is 62.4 Å². The van der Waals surface area contributed by atoms with Crippen LogP contribution in [-0.4, -0.2) is 65.4 Å². The number of anilines is 2. The summed E-state index contributed by atoms with van der Waals surface area (Å²) in [5.41, 5.74) is 0.633. The summed E-state index contributed by atoms with van der Waals surface area (Å²) < 4.78 is 39.7. The Balaban J connectivity index is 1.83. The molecule has 1 aromatic carbocycles. The van der Waals surface area contributed by atoms with Crippen molar-refractivity contribution in [1.82, 2.24) is 15.1 Å². The van der Waals surface area contributed by atoms with Gasteiger partial charge in [0.25, 0.3) is 0 Å². The van der Waals surface area contributed by atoms with Gasteiger partial charge in [-0.05, 0) is 34.1 Å². The average molecular weight is 600 g/mol. The van der Waals surface area contributed by atoms with Crippen molar-refractivity contribution in [3.8, 4) is 5.88 Å². The monoisotopic (exact) mass is 599 g/mol. The second-order valence-corrected chi connectivity index (χ2v) is 10.5. The van der Waals surface area contributed by atoms with Gasteiger partial charge in [-0.25, -0.2) is 8.78 Å². The van der Waals surface area contributed by atoms with Crippen LogP contribution in [0.15, 0.2) is 34.1 Å². The number of carbonyl (C=O) groups excluding carboxylic acids is 1. The van der Waals surface area contributed by atoms with Crippen LogP contribution in [0.5, 0.6) is 5.88 Å². The summed E-state index contributed by atoms with van der Waals surface area (Å²) >= 11 is 4.66. The van der Waals surface area contributed by atoms with E-state index in [9.17, 15) is 23.8 Å². The number of benzene rings is 1. The van der Waals surface area contributed by atoms with Gasteiger partial charge in [-0.1, -0.05) is 6.07 Å². The lowest BCUT2D eigenvalue weighted by atomic mass is 10.1. The van der Waals surface area contributed by atoms with Crippen LogP contribution in [0.1, 0.15) is 22.9 Å². The van der Waals surface area contributed by atoms with E-state index in [0.717, 1.165) is 28.4 Å². The summed E-state index contributed by atoms with van der Waals surface area (Å²) in [7, 11) is 4.41. The standard InChI is InChI=1S/C23H24BrF2N5O5S/c1-29(18(32)11-35-2)9-13-19-21(33)31(16-7-8-17(36-3)28-27-16)23(34)30(22(19)37-20(13)24)10-12-14(25)5-4-6-15(12)26/h4-8,21,23,33-34H,9-11H2,1-3H3. The lowest BCUT2D eigenvalue weighted by Gasteiger charge is -2.44. The van der Waals surface area contributed by atoms with E-state index in [0.29, 0.717) is 19.9 Å². The minimum Gasteiger partial charge on any atom is -0.480 e. The van der Waals surface area contributed by atoms with Gasteiger partial charge in [0.05, 0.1) is 17.4 Å². The molecule has 2 aromatic heterocycles. The van der Waals surface area contributed by atoms with Crippen molar-refractivity contribution in [2.24, 2.45) is 0 Å². The third-order valence-corrected chi connectivity index (χ3v) is 7.91. The smallest absolute Gasteiger partial charge is 0.248 e. The first-order valence-corrected chi connectivity index (χ1v) is 12.5. The van der Waals surface area contributed by atoms with Crippen molar-refractivity contribution in [2.45, 2.75) is 25.7 Å². The number of rotatable bonds is 8. The normalized spacial score (nSPS) is 17.1. The third kappa shape index (κ3) is 5.25. The number of aliphatic hydroxyl groups is 2. The molecule has 0 radical (unpaired) electrons. The fraction of sp³-hybridized carbons (Fsp3) is 0.348. The van der Waals surface area contributed by atoms with E-state index in [1.807, 2.05) is 0 Å². The summed E-state index contributed by atoms with van der Waals surface area (Å²) in [6.07, 6.45) is -3.01. The maximum Gasteiger partial charge on any atom is 0.248 e. The Bertz CT molecular complexity index is 1260. The summed E-state index contributed by atoms with van der Waals surface area (Å²) in [6, 6.07) is 6.49. The maximum absolute atomic E-state index is 14.6. The number of methoxy groups -OCH3 is 2. The summed E-state index contributed by atoms with van der Waals surface area (Å²) in [5, 5.41) is 31.1. The molecule has 10 nitrogen and oxygen atoms in total. The average Bonchev–Trinajstić information content (AvgIpc) is 3.19. The van der Waals surface area contributed by atoms with Crippen LogP contribution in [0.4, 0.5) is 19.6 Å². The van der Waals surface area contributed by atoms with E-state index in [4.69, 9.17) is 9.47 Å². The number of fused-ring (bicyclic) bond motifs is 1. The molecule has 2 unspecified atom stereocenters. The number of amides is 1. The molecule has 1 amide bonds. The summed E-state index contributed by atoms with van der Waals surface area (Å²) in [5.74, 6) is -1.55. The van der Waals surface area contributed by atoms with Gasteiger partial charge in [0, 0.05) is 43.5 Å². The van der Waals surface area contributed by atoms with Crippen LogP contribution in [0.2, 0.25) is 0 Å². The molecule has 0 fully saturated rings. The fourth-order valence-electron chi connectivity index (χ4n) is 3.95. The molecule has 37 heavy (non-hydrogen) atoms. The molecule has 14 heteroatoms. The Labute approximate surface area is 223 Å². The Morgan fingerprint density at radius 1 is 1.16 bits per heavy atom. The maximum atomic E-state index is 14.6. The number of likely N-dealkylation sites (N-methyl/N-ethyl adjacent to an activating group) is 1. The molecule has 3 heterocycles. The van der Waals surface area contributed by atoms with Gasteiger partial charge in [0.2, 0.25) is 18.1 Å². The third-order valence-electron chi connectivity index (χ3n) is 5.87. The number of thiophene rings is 1. The first kappa shape index (κ1) is 27.1. The van der Waals surface area contributed by atoms with Crippen LogP contribution >= 0.6 is 27.3 Å². The number of halogens is 3. The quantitative estimate of drug-likeness (QED) is 0.403. The van der Waals surface area contributed by atoms with Crippen molar-refractivity contribution in [1.29, 1.82) is 0 Å². The van der Waals surface area contributed by atoms with E-state index in [1.165, 1.54) is 42.2 Å². The topological polar surface area (TPSA) is 111 Å². The molecule has 2 atom stereocenters. The Morgan fingerprint density at radius 3 is 2.46 bits per heavy atom. The largest absolute Gasteiger partial charge is 0.480 e. The number of hydrogen-bond donors (Lipinski definition) is 2. The van der Waals surface area contributed by atoms with Crippen molar-refractivity contribution in [3.63, 3.8) is 0 Å². The van der Waals surface area contributed by atoms with Gasteiger partial charge in [-0.2, -0.15) is 0 Å². The van der Waals surface area contributed by atoms with Gasteiger partial charge in [0.1, 0.15) is 23.2 Å². The summed E-state index contributed by atoms with van der Waals surface area (Å²) in [6.45, 7) is -0.399. The number of ether oxygens (including phenoxy) is 2. The molecule has 0 saturated carbocycles. The predicted molar refractivity (Wildman–Crippen MR) is 135 cm³/mol. The fourth-order valence-corrected chi connectivity index (χ4v) is 5.83. The van der Waals surface area contributed by atoms with E-state index in [2.05, 4.69) is 26.1 Å². The molecule has 2 N–H and O–H groups in total. The first-order chi connectivity index (χ1) is 17.7. The van der Waals surface area contributed by atoms with Gasteiger partial charge in [-0.15, -0.1) is 21.5 Å². The van der Waals surface area contributed by atoms with Crippen LogP contribution in [-0.2, 0) is 22.6 Å². The van der Waals surface area contributed by atoms with E-state index in [1.54, 1.807) is 7.05 Å². The highest BCUT2D eigenvalue weighted by atomic mass is 79.9. The van der Waals surface area contributed by atoms with Crippen molar-refractivity contribution in [2.75, 3.05) is 37.7 Å². The zero-order chi connectivity index (χ0) is 26.9. The second-order valence-electron chi connectivity index (χ2n) is 8.15. The molecule has 1 aliphatic rings. The van der Waals surface area contributed by atoms with Crippen LogP contribution < -0.4 is 14.5 Å². The highest BCUT2D eigenvalue weighted by Crippen LogP contribution is 2.49. The molecule has 0 saturated heterocycles. The van der Waals surface area contributed by atoms with E-state index < -0.39 is 24.2 Å². The molecule has 3 aromatic rings. The number of hydrogen-bond acceptors (Lipinski definition) is 10. The van der Waals surface area contributed by atoms with Gasteiger partial charge in [0.15, 0.2) is 12.0 Å². The van der Waals surface area contributed by atoms with Gasteiger partial charge in [-0.3, -0.25) is 9.69 Å². The SMILES string of the molecule is COCC(=O)N(C)Cc1c(Br)sc2c1C(O)N(c1ccc(OC)nn1)C(O)N2Cc1c(F)cccc1F. The molecule has 198 valence electrons. The number of aliphatic hydroxyl groups excluding tert-OH is 2. The molecular formula is C23H24BrF2N5O5S. The number of nitrogens with zero attached hydrogens (tertiary/aromatic N) is 5. The Hall–Kier alpha value is -2.91. The first-order valence-electron chi connectivity index (χ1n) is 10.9. The lowest BCUT2D eigenvalue weighted by molar-refractivity contribution is -0.134. The van der Waals surface area contributed by atoms with E-state index >= 15 is 0 Å². The minimum absolute atomic E-state index is 0.0857. The van der Waals surface area contributed by atoms with Crippen molar-refractivity contribution >= 4 is 44.0 Å². The van der Waals surface area contributed by atoms with Crippen LogP contribution in [0.25, 0.3) is 0 Å². The highest BCUT2D eigenvalue weighted by molar-refractivity contribution is 9.11. The van der Waals surface area contributed by atoms with Crippen LogP contribution in [0, 0.1) is 11.6 Å². The Kier molecular flexibility index (Phi) is 8.23. The zero-order valence-corrected chi connectivity index (χ0v) is 22.5. The van der Waals surface area contributed by atoms with Gasteiger partial charge < -0.3 is 29.5 Å². The van der Waals surface area contributed by atoms with Gasteiger partial charge >= 0.3 is 0 Å². The van der Waals surface area contributed by atoms with E-state index in [-0.39, 0.29) is 42.9 Å². The molecule has 4 rings (SSSR count). The molecule has 0 aliphatic carbocycles. The second kappa shape index (κ2) is 11.2. The molecule has 1 aliphatic heterocycles. The highest BCUT2D eigenvalue weighted by Gasteiger charge is 2.43.